The zero-order chi connectivity index (χ0) is 20.4. The van der Waals surface area contributed by atoms with Crippen LogP contribution in [0.15, 0.2) is 54.6 Å². The van der Waals surface area contributed by atoms with E-state index < -0.39 is 0 Å². The maximum absolute atomic E-state index is 13.4. The maximum atomic E-state index is 13.4. The minimum absolute atomic E-state index is 0.139. The quantitative estimate of drug-likeness (QED) is 0.628. The highest BCUT2D eigenvalue weighted by Gasteiger charge is 2.25. The van der Waals surface area contributed by atoms with Gasteiger partial charge in [-0.1, -0.05) is 42.8 Å². The van der Waals surface area contributed by atoms with Crippen molar-refractivity contribution >= 4 is 35.1 Å². The molecule has 1 amide bonds. The van der Waals surface area contributed by atoms with E-state index in [1.165, 1.54) is 12.1 Å². The molecule has 0 saturated heterocycles. The first-order valence-corrected chi connectivity index (χ1v) is 9.68. The molecule has 8 heteroatoms. The molecule has 1 aromatic heterocycles. The molecule has 148 valence electrons. The molecule has 1 aliphatic rings. The van der Waals surface area contributed by atoms with Crippen LogP contribution in [0.4, 0.5) is 16.3 Å². The maximum Gasteiger partial charge on any atom is 0.250 e. The highest BCUT2D eigenvalue weighted by Crippen LogP contribution is 2.33. The summed E-state index contributed by atoms with van der Waals surface area (Å²) < 4.78 is 15.1. The predicted molar refractivity (Wildman–Crippen MR) is 111 cm³/mol. The van der Waals surface area contributed by atoms with Gasteiger partial charge in [-0.05, 0) is 47.9 Å². The SMILES string of the molecule is CCCC(=O)Nc1nc2n(n1)[C@@H](c1ccc(F)cc1)C=C(c1ccc(Cl)cc1)N2. The first kappa shape index (κ1) is 19.1. The molecule has 29 heavy (non-hydrogen) atoms. The van der Waals surface area contributed by atoms with E-state index in [0.717, 1.165) is 23.2 Å². The average molecular weight is 412 g/mol. The van der Waals surface area contributed by atoms with Crippen molar-refractivity contribution in [3.63, 3.8) is 0 Å². The Kier molecular flexibility index (Phi) is 5.31. The molecular weight excluding hydrogens is 393 g/mol. The van der Waals surface area contributed by atoms with Crippen LogP contribution in [-0.2, 0) is 4.79 Å². The molecule has 4 rings (SSSR count). The zero-order valence-electron chi connectivity index (χ0n) is 15.7. The Bertz CT molecular complexity index is 1060. The summed E-state index contributed by atoms with van der Waals surface area (Å²) in [6.07, 6.45) is 3.11. The predicted octanol–water partition coefficient (Wildman–Crippen LogP) is 4.87. The van der Waals surface area contributed by atoms with Gasteiger partial charge in [-0.2, -0.15) is 4.98 Å². The Morgan fingerprint density at radius 3 is 2.62 bits per heavy atom. The molecule has 1 aliphatic heterocycles. The van der Waals surface area contributed by atoms with Crippen LogP contribution in [0.25, 0.3) is 5.70 Å². The lowest BCUT2D eigenvalue weighted by atomic mass is 10.0. The van der Waals surface area contributed by atoms with Crippen molar-refractivity contribution in [1.82, 2.24) is 14.8 Å². The Labute approximate surface area is 172 Å². The van der Waals surface area contributed by atoms with E-state index in [2.05, 4.69) is 20.7 Å². The number of fused-ring (bicyclic) bond motifs is 1. The minimum atomic E-state index is -0.318. The minimum Gasteiger partial charge on any atom is -0.324 e. The number of hydrogen-bond donors (Lipinski definition) is 2. The van der Waals surface area contributed by atoms with Gasteiger partial charge in [-0.3, -0.25) is 10.1 Å². The van der Waals surface area contributed by atoms with Crippen molar-refractivity contribution in [3.05, 3.63) is 76.6 Å². The average Bonchev–Trinajstić information content (AvgIpc) is 3.11. The van der Waals surface area contributed by atoms with Crippen LogP contribution >= 0.6 is 11.6 Å². The van der Waals surface area contributed by atoms with Crippen LogP contribution in [0.5, 0.6) is 0 Å². The molecule has 6 nitrogen and oxygen atoms in total. The molecule has 0 bridgehead atoms. The number of anilines is 2. The third kappa shape index (κ3) is 4.14. The third-order valence-corrected chi connectivity index (χ3v) is 4.81. The number of benzene rings is 2. The van der Waals surface area contributed by atoms with Crippen LogP contribution in [0.3, 0.4) is 0 Å². The second-order valence-electron chi connectivity index (χ2n) is 6.71. The summed E-state index contributed by atoms with van der Waals surface area (Å²) in [6.45, 7) is 1.93. The van der Waals surface area contributed by atoms with Gasteiger partial charge in [0.05, 0.1) is 0 Å². The molecule has 0 spiro atoms. The van der Waals surface area contributed by atoms with Crippen LogP contribution in [0.2, 0.25) is 5.02 Å². The molecular formula is C21H19ClFN5O. The van der Waals surface area contributed by atoms with Gasteiger partial charge >= 0.3 is 0 Å². The summed E-state index contributed by atoms with van der Waals surface area (Å²) in [5.74, 6) is 0.262. The molecule has 2 aromatic carbocycles. The number of hydrogen-bond acceptors (Lipinski definition) is 4. The van der Waals surface area contributed by atoms with Gasteiger partial charge in [0, 0.05) is 17.1 Å². The summed E-state index contributed by atoms with van der Waals surface area (Å²) in [5.41, 5.74) is 2.59. The van der Waals surface area contributed by atoms with E-state index in [1.807, 2.05) is 37.3 Å². The molecule has 2 N–H and O–H groups in total. The van der Waals surface area contributed by atoms with Gasteiger partial charge in [0.25, 0.3) is 5.95 Å². The lowest BCUT2D eigenvalue weighted by molar-refractivity contribution is -0.116. The van der Waals surface area contributed by atoms with Crippen molar-refractivity contribution in [1.29, 1.82) is 0 Å². The van der Waals surface area contributed by atoms with Gasteiger partial charge in [0.15, 0.2) is 0 Å². The monoisotopic (exact) mass is 411 g/mol. The zero-order valence-corrected chi connectivity index (χ0v) is 16.4. The lowest BCUT2D eigenvalue weighted by Crippen LogP contribution is -2.20. The summed E-state index contributed by atoms with van der Waals surface area (Å²) in [5, 5.41) is 11.1. The number of halogens is 2. The van der Waals surface area contributed by atoms with Gasteiger partial charge in [-0.15, -0.1) is 5.10 Å². The van der Waals surface area contributed by atoms with E-state index >= 15 is 0 Å². The van der Waals surface area contributed by atoms with Gasteiger partial charge in [-0.25, -0.2) is 9.07 Å². The van der Waals surface area contributed by atoms with Crippen molar-refractivity contribution in [2.45, 2.75) is 25.8 Å². The lowest BCUT2D eigenvalue weighted by Gasteiger charge is -2.24. The Balaban J connectivity index is 1.73. The van der Waals surface area contributed by atoms with Gasteiger partial charge < -0.3 is 5.32 Å². The number of nitrogens with zero attached hydrogens (tertiary/aromatic N) is 3. The van der Waals surface area contributed by atoms with E-state index in [4.69, 9.17) is 11.6 Å². The van der Waals surface area contributed by atoms with E-state index in [-0.39, 0.29) is 23.7 Å². The summed E-state index contributed by atoms with van der Waals surface area (Å²) in [4.78, 5) is 16.4. The number of carbonyl (C=O) groups is 1. The summed E-state index contributed by atoms with van der Waals surface area (Å²) >= 11 is 6.01. The standard InChI is InChI=1S/C21H19ClFN5O/c1-2-3-19(29)25-20-26-21-24-17(13-4-8-15(22)9-5-13)12-18(28(21)27-20)14-6-10-16(23)11-7-14/h4-12,18H,2-3H2,1H3,(H2,24,25,26,27,29)/t18-/m1/s1. The van der Waals surface area contributed by atoms with E-state index in [9.17, 15) is 9.18 Å². The fourth-order valence-corrected chi connectivity index (χ4v) is 3.28. The van der Waals surface area contributed by atoms with E-state index in [0.29, 0.717) is 17.4 Å². The molecule has 0 fully saturated rings. The largest absolute Gasteiger partial charge is 0.324 e. The number of amides is 1. The van der Waals surface area contributed by atoms with Crippen LogP contribution in [-0.4, -0.2) is 20.7 Å². The van der Waals surface area contributed by atoms with Crippen molar-refractivity contribution < 1.29 is 9.18 Å². The van der Waals surface area contributed by atoms with Crippen molar-refractivity contribution in [3.8, 4) is 0 Å². The second kappa shape index (κ2) is 8.05. The number of nitrogens with one attached hydrogen (secondary N) is 2. The molecule has 3 aromatic rings. The number of allylic oxidation sites excluding steroid dienone is 1. The van der Waals surface area contributed by atoms with Crippen molar-refractivity contribution in [2.24, 2.45) is 0 Å². The Morgan fingerprint density at radius 1 is 1.21 bits per heavy atom. The molecule has 0 aliphatic carbocycles. The molecule has 0 radical (unpaired) electrons. The Hall–Kier alpha value is -3.19. The van der Waals surface area contributed by atoms with Crippen molar-refractivity contribution in [2.75, 3.05) is 10.6 Å². The van der Waals surface area contributed by atoms with Gasteiger partial charge in [0.1, 0.15) is 11.9 Å². The van der Waals surface area contributed by atoms with Crippen LogP contribution < -0.4 is 10.6 Å². The molecule has 0 saturated carbocycles. The highest BCUT2D eigenvalue weighted by atomic mass is 35.5. The normalized spacial score (nSPS) is 15.3. The topological polar surface area (TPSA) is 71.8 Å². The number of carbonyl (C=O) groups excluding carboxylic acids is 1. The van der Waals surface area contributed by atoms with Crippen LogP contribution in [0, 0.1) is 5.82 Å². The molecule has 1 atom stereocenters. The highest BCUT2D eigenvalue weighted by molar-refractivity contribution is 6.30. The smallest absolute Gasteiger partial charge is 0.250 e. The first-order valence-electron chi connectivity index (χ1n) is 9.30. The summed E-state index contributed by atoms with van der Waals surface area (Å²) in [6, 6.07) is 13.3. The first-order chi connectivity index (χ1) is 14.0. The third-order valence-electron chi connectivity index (χ3n) is 4.56. The fourth-order valence-electron chi connectivity index (χ4n) is 3.16. The van der Waals surface area contributed by atoms with E-state index in [1.54, 1.807) is 16.8 Å². The number of aromatic nitrogens is 3. The Morgan fingerprint density at radius 2 is 1.93 bits per heavy atom. The molecule has 2 heterocycles. The van der Waals surface area contributed by atoms with Gasteiger partial charge in [0.2, 0.25) is 11.9 Å². The van der Waals surface area contributed by atoms with Crippen LogP contribution in [0.1, 0.15) is 36.9 Å². The molecule has 0 unspecified atom stereocenters. The fraction of sp³-hybridized carbons (Fsp3) is 0.190. The number of rotatable bonds is 5. The summed E-state index contributed by atoms with van der Waals surface area (Å²) in [7, 11) is 0. The second-order valence-corrected chi connectivity index (χ2v) is 7.15.